The number of carbonyl (C=O) groups is 2. The van der Waals surface area contributed by atoms with E-state index < -0.39 is 36.3 Å². The molecule has 6 N–H and O–H groups in total. The normalized spacial score (nSPS) is 9.43. The molecule has 2 rings (SSSR count). The second-order valence-electron chi connectivity index (χ2n) is 6.90. The molecule has 0 spiro atoms. The van der Waals surface area contributed by atoms with Gasteiger partial charge in [-0.25, -0.2) is 0 Å². The molecule has 0 saturated carbocycles. The van der Waals surface area contributed by atoms with Gasteiger partial charge in [0.15, 0.2) is 0 Å². The minimum Gasteiger partial charge on any atom is -0.368 e. The first-order valence-corrected chi connectivity index (χ1v) is 11.1. The molecule has 0 aliphatic heterocycles. The van der Waals surface area contributed by atoms with Crippen LogP contribution in [0.15, 0.2) is 0 Å². The number of carbonyl (C=O) groups excluding carboxylic acids is 2. The number of hydrogen-bond acceptors (Lipinski definition) is 10. The quantitative estimate of drug-likeness (QED) is 0.269. The summed E-state index contributed by atoms with van der Waals surface area (Å²) in [6.07, 6.45) is -0.0664. The number of nitrogens with one attached hydrogen (secondary N) is 2. The van der Waals surface area contributed by atoms with Gasteiger partial charge >= 0.3 is 30.4 Å². The third-order valence-electron chi connectivity index (χ3n) is 3.56. The van der Waals surface area contributed by atoms with Gasteiger partial charge in [0, 0.05) is 26.9 Å². The Kier molecular flexibility index (Phi) is 21.9. The molecule has 0 saturated heterocycles. The van der Waals surface area contributed by atoms with Gasteiger partial charge in [-0.05, 0) is 25.8 Å². The smallest absolute Gasteiger partial charge is 0.316 e. The molecule has 0 unspecified atom stereocenters. The summed E-state index contributed by atoms with van der Waals surface area (Å²) in [6.45, 7) is 7.60. The largest absolute Gasteiger partial charge is 0.368 e. The zero-order valence-electron chi connectivity index (χ0n) is 20.9. The van der Waals surface area contributed by atoms with E-state index >= 15 is 0 Å². The van der Waals surface area contributed by atoms with Crippen LogP contribution in [0.1, 0.15) is 59.3 Å². The lowest BCUT2D eigenvalue weighted by molar-refractivity contribution is -0.119. The van der Waals surface area contributed by atoms with Gasteiger partial charge in [0.25, 0.3) is 0 Å². The van der Waals surface area contributed by atoms with E-state index in [1.807, 2.05) is 0 Å². The number of amides is 2. The molecule has 12 nitrogen and oxygen atoms in total. The maximum atomic E-state index is 11.8. The van der Waals surface area contributed by atoms with Gasteiger partial charge in [-0.2, -0.15) is 51.9 Å². The number of hydrogen-bond donors (Lipinski definition) is 4. The first-order valence-electron chi connectivity index (χ1n) is 11.1. The number of aromatic nitrogens is 6. The molecular formula is C20H33F5N10O2. The van der Waals surface area contributed by atoms with Gasteiger partial charge in [-0.1, -0.05) is 26.2 Å². The van der Waals surface area contributed by atoms with Crippen molar-refractivity contribution >= 4 is 17.8 Å². The SMILES string of the molecule is CC(=O)NCCCCCN.CCCCCNC(C)=O.Fc1nc(F)nc(F)n1.Nc1nc(F)nc(F)n1. The number of nitrogens with zero attached hydrogens (tertiary/aromatic N) is 6. The van der Waals surface area contributed by atoms with E-state index in [0.717, 1.165) is 45.3 Å². The molecule has 17 heteroatoms. The zero-order chi connectivity index (χ0) is 28.6. The van der Waals surface area contributed by atoms with Crippen molar-refractivity contribution in [2.45, 2.75) is 59.3 Å². The molecule has 210 valence electrons. The topological polar surface area (TPSA) is 188 Å². The van der Waals surface area contributed by atoms with Crippen molar-refractivity contribution in [2.24, 2.45) is 5.73 Å². The van der Waals surface area contributed by atoms with E-state index in [0.29, 0.717) is 0 Å². The van der Waals surface area contributed by atoms with Crippen LogP contribution in [-0.2, 0) is 9.59 Å². The summed E-state index contributed by atoms with van der Waals surface area (Å²) in [5.74, 6) is -0.334. The second kappa shape index (κ2) is 22.8. The molecule has 0 aromatic carbocycles. The molecule has 0 atom stereocenters. The monoisotopic (exact) mass is 540 g/mol. The van der Waals surface area contributed by atoms with Crippen LogP contribution in [0.2, 0.25) is 0 Å². The molecule has 2 amide bonds. The fraction of sp³-hybridized carbons (Fsp3) is 0.600. The maximum Gasteiger partial charge on any atom is 0.316 e. The average molecular weight is 541 g/mol. The fourth-order valence-corrected chi connectivity index (χ4v) is 1.99. The van der Waals surface area contributed by atoms with Crippen LogP contribution >= 0.6 is 0 Å². The number of unbranched alkanes of at least 4 members (excludes halogenated alkanes) is 4. The number of nitrogens with two attached hydrogens (primary N) is 2. The molecule has 2 aromatic rings. The van der Waals surface area contributed by atoms with Crippen LogP contribution < -0.4 is 22.1 Å². The summed E-state index contributed by atoms with van der Waals surface area (Å²) in [4.78, 5) is 36.3. The standard InChI is InChI=1S/C7H16N2O.C7H15NO.C3F3N3.C3H2F2N4/c1-7(10)9-6-4-2-3-5-8;1-3-4-5-6-8-7(2)9;2*4-1-7-2(5)9-3(6)8-1/h2-6,8H2,1H3,(H,9,10);3-6H2,1-2H3,(H,8,9);;(H2,6,7,8,9). The third kappa shape index (κ3) is 26.8. The van der Waals surface area contributed by atoms with E-state index in [2.05, 4.69) is 47.5 Å². The maximum absolute atomic E-state index is 11.8. The summed E-state index contributed by atoms with van der Waals surface area (Å²) in [5.41, 5.74) is 10.1. The second-order valence-corrected chi connectivity index (χ2v) is 6.90. The van der Waals surface area contributed by atoms with E-state index in [1.165, 1.54) is 19.8 Å². The number of anilines is 1. The van der Waals surface area contributed by atoms with Crippen molar-refractivity contribution in [3.05, 3.63) is 30.4 Å². The average Bonchev–Trinajstić information content (AvgIpc) is 2.76. The Hall–Kier alpha value is -3.63. The predicted molar refractivity (Wildman–Crippen MR) is 124 cm³/mol. The summed E-state index contributed by atoms with van der Waals surface area (Å²) < 4.78 is 58.8. The molecular weight excluding hydrogens is 507 g/mol. The van der Waals surface area contributed by atoms with Gasteiger partial charge in [-0.3, -0.25) is 9.59 Å². The number of nitrogen functional groups attached to an aromatic ring is 1. The Balaban J connectivity index is 0. The molecule has 2 heterocycles. The van der Waals surface area contributed by atoms with Gasteiger partial charge in [0.1, 0.15) is 0 Å². The summed E-state index contributed by atoms with van der Waals surface area (Å²) >= 11 is 0. The lowest BCUT2D eigenvalue weighted by Crippen LogP contribution is -2.20. The van der Waals surface area contributed by atoms with Crippen LogP contribution in [-0.4, -0.2) is 61.4 Å². The van der Waals surface area contributed by atoms with Crippen LogP contribution in [0.4, 0.5) is 27.9 Å². The lowest BCUT2D eigenvalue weighted by atomic mass is 10.2. The Bertz CT molecular complexity index is 761. The van der Waals surface area contributed by atoms with Crippen molar-refractivity contribution < 1.29 is 31.5 Å². The first kappa shape index (κ1) is 35.5. The highest BCUT2D eigenvalue weighted by Gasteiger charge is 2.02. The highest BCUT2D eigenvalue weighted by Crippen LogP contribution is 1.93. The Morgan fingerprint density at radius 1 is 0.649 bits per heavy atom. The lowest BCUT2D eigenvalue weighted by Gasteiger charge is -1.99. The van der Waals surface area contributed by atoms with Crippen LogP contribution in [0.3, 0.4) is 0 Å². The molecule has 0 bridgehead atoms. The van der Waals surface area contributed by atoms with E-state index in [9.17, 15) is 31.5 Å². The van der Waals surface area contributed by atoms with E-state index in [-0.39, 0.29) is 11.8 Å². The van der Waals surface area contributed by atoms with Crippen LogP contribution in [0.25, 0.3) is 0 Å². The summed E-state index contributed by atoms with van der Waals surface area (Å²) in [7, 11) is 0. The predicted octanol–water partition coefficient (Wildman–Crippen LogP) is 1.59. The van der Waals surface area contributed by atoms with Gasteiger partial charge in [-0.15, -0.1) is 0 Å². The minimum absolute atomic E-state index is 0.0488. The molecule has 0 aliphatic rings. The first-order chi connectivity index (χ1) is 17.4. The van der Waals surface area contributed by atoms with Gasteiger partial charge < -0.3 is 22.1 Å². The van der Waals surface area contributed by atoms with Crippen molar-refractivity contribution in [1.29, 1.82) is 0 Å². The van der Waals surface area contributed by atoms with Crippen LogP contribution in [0.5, 0.6) is 0 Å². The zero-order valence-corrected chi connectivity index (χ0v) is 20.9. The van der Waals surface area contributed by atoms with Crippen molar-refractivity contribution in [3.8, 4) is 0 Å². The van der Waals surface area contributed by atoms with Crippen LogP contribution in [0, 0.1) is 30.4 Å². The third-order valence-corrected chi connectivity index (χ3v) is 3.56. The molecule has 37 heavy (non-hydrogen) atoms. The van der Waals surface area contributed by atoms with E-state index in [4.69, 9.17) is 11.5 Å². The Morgan fingerprint density at radius 3 is 1.30 bits per heavy atom. The minimum atomic E-state index is -1.46. The highest BCUT2D eigenvalue weighted by molar-refractivity contribution is 5.72. The van der Waals surface area contributed by atoms with Crippen molar-refractivity contribution in [2.75, 3.05) is 25.4 Å². The molecule has 0 fully saturated rings. The molecule has 2 aromatic heterocycles. The molecule has 0 aliphatic carbocycles. The fourth-order valence-electron chi connectivity index (χ4n) is 1.99. The van der Waals surface area contributed by atoms with Crippen molar-refractivity contribution in [3.63, 3.8) is 0 Å². The summed E-state index contributed by atoms with van der Waals surface area (Å²) in [5, 5.41) is 5.47. The van der Waals surface area contributed by atoms with Crippen molar-refractivity contribution in [1.82, 2.24) is 40.5 Å². The van der Waals surface area contributed by atoms with Gasteiger partial charge in [0.2, 0.25) is 17.8 Å². The van der Waals surface area contributed by atoms with Gasteiger partial charge in [0.05, 0.1) is 0 Å². The van der Waals surface area contributed by atoms with E-state index in [1.54, 1.807) is 6.92 Å². The Labute approximate surface area is 211 Å². The number of rotatable bonds is 9. The molecule has 0 radical (unpaired) electrons. The summed E-state index contributed by atoms with van der Waals surface area (Å²) in [6, 6.07) is 0. The highest BCUT2D eigenvalue weighted by atomic mass is 19.2. The Morgan fingerprint density at radius 2 is 1.00 bits per heavy atom. The number of halogens is 5.